The Morgan fingerprint density at radius 3 is 2.58 bits per heavy atom. The molecule has 5 heteroatoms. The highest BCUT2D eigenvalue weighted by atomic mass is 19.1. The summed E-state index contributed by atoms with van der Waals surface area (Å²) in [5, 5.41) is 2.67. The maximum Gasteiger partial charge on any atom is 0.331 e. The predicted molar refractivity (Wildman–Crippen MR) is 100 cm³/mol. The van der Waals surface area contributed by atoms with E-state index in [1.165, 1.54) is 23.8 Å². The first-order valence-electron chi connectivity index (χ1n) is 8.48. The van der Waals surface area contributed by atoms with Gasteiger partial charge in [-0.3, -0.25) is 4.79 Å². The lowest BCUT2D eigenvalue weighted by atomic mass is 9.99. The molecule has 0 saturated carbocycles. The zero-order valence-corrected chi connectivity index (χ0v) is 14.9. The second-order valence-corrected chi connectivity index (χ2v) is 5.98. The molecule has 2 aromatic carbocycles. The molecule has 0 spiro atoms. The number of amides is 1. The van der Waals surface area contributed by atoms with Crippen molar-refractivity contribution in [2.45, 2.75) is 26.2 Å². The first kappa shape index (κ1) is 19.4. The lowest BCUT2D eigenvalue weighted by Gasteiger charge is -2.10. The van der Waals surface area contributed by atoms with E-state index < -0.39 is 11.9 Å². The van der Waals surface area contributed by atoms with Crippen LogP contribution in [0, 0.1) is 5.82 Å². The summed E-state index contributed by atoms with van der Waals surface area (Å²) in [5.74, 6) is -1.02. The SMILES string of the molecule is CC[C@H](C)c1ccc(NC(=O)COC(=O)/C=C/c2cccc(F)c2)cc1. The van der Waals surface area contributed by atoms with Crippen LogP contribution < -0.4 is 5.32 Å². The molecule has 0 fully saturated rings. The molecule has 0 heterocycles. The van der Waals surface area contributed by atoms with Gasteiger partial charge in [0.2, 0.25) is 0 Å². The maximum atomic E-state index is 13.0. The van der Waals surface area contributed by atoms with Crippen molar-refractivity contribution < 1.29 is 18.7 Å². The van der Waals surface area contributed by atoms with E-state index in [1.807, 2.05) is 24.3 Å². The largest absolute Gasteiger partial charge is 0.452 e. The second-order valence-electron chi connectivity index (χ2n) is 5.98. The number of benzene rings is 2. The molecule has 1 atom stereocenters. The van der Waals surface area contributed by atoms with Crippen molar-refractivity contribution in [1.29, 1.82) is 0 Å². The molecule has 26 heavy (non-hydrogen) atoms. The standard InChI is InChI=1S/C21H22FNO3/c1-3-15(2)17-8-10-19(11-9-17)23-20(24)14-26-21(25)12-7-16-5-4-6-18(22)13-16/h4-13,15H,3,14H2,1-2H3,(H,23,24)/b12-7+/t15-/m0/s1. The summed E-state index contributed by atoms with van der Waals surface area (Å²) in [5.41, 5.74) is 2.39. The number of carbonyl (C=O) groups excluding carboxylic acids is 2. The Balaban J connectivity index is 1.80. The molecular weight excluding hydrogens is 333 g/mol. The normalized spacial score (nSPS) is 12.0. The maximum absolute atomic E-state index is 13.0. The van der Waals surface area contributed by atoms with Crippen LogP contribution in [0.25, 0.3) is 6.08 Å². The van der Waals surface area contributed by atoms with Crippen LogP contribution in [0.2, 0.25) is 0 Å². The van der Waals surface area contributed by atoms with Gasteiger partial charge in [-0.1, -0.05) is 38.1 Å². The quantitative estimate of drug-likeness (QED) is 0.586. The van der Waals surface area contributed by atoms with Gasteiger partial charge in [0.05, 0.1) is 0 Å². The summed E-state index contributed by atoms with van der Waals surface area (Å²) < 4.78 is 17.9. The van der Waals surface area contributed by atoms with Crippen molar-refractivity contribution in [3.63, 3.8) is 0 Å². The van der Waals surface area contributed by atoms with Crippen LogP contribution in [0.5, 0.6) is 0 Å². The Morgan fingerprint density at radius 2 is 1.92 bits per heavy atom. The van der Waals surface area contributed by atoms with Crippen molar-refractivity contribution in [3.8, 4) is 0 Å². The van der Waals surface area contributed by atoms with Gasteiger partial charge >= 0.3 is 5.97 Å². The minimum atomic E-state index is -0.670. The van der Waals surface area contributed by atoms with Crippen molar-refractivity contribution >= 4 is 23.6 Å². The number of carbonyl (C=O) groups is 2. The van der Waals surface area contributed by atoms with Crippen molar-refractivity contribution in [1.82, 2.24) is 0 Å². The highest BCUT2D eigenvalue weighted by molar-refractivity contribution is 5.94. The van der Waals surface area contributed by atoms with Gasteiger partial charge in [0, 0.05) is 11.8 Å². The van der Waals surface area contributed by atoms with E-state index in [2.05, 4.69) is 19.2 Å². The van der Waals surface area contributed by atoms with Crippen LogP contribution in [0.15, 0.2) is 54.6 Å². The highest BCUT2D eigenvalue weighted by Gasteiger charge is 2.07. The third-order valence-corrected chi connectivity index (χ3v) is 3.98. The Bertz CT molecular complexity index is 784. The van der Waals surface area contributed by atoms with Gasteiger partial charge in [-0.2, -0.15) is 0 Å². The molecule has 1 amide bonds. The number of anilines is 1. The number of hydrogen-bond acceptors (Lipinski definition) is 3. The summed E-state index contributed by atoms with van der Waals surface area (Å²) in [6.07, 6.45) is 3.63. The Labute approximate surface area is 152 Å². The molecule has 0 bridgehead atoms. The third-order valence-electron chi connectivity index (χ3n) is 3.98. The first-order chi connectivity index (χ1) is 12.5. The van der Waals surface area contributed by atoms with E-state index in [1.54, 1.807) is 12.1 Å². The summed E-state index contributed by atoms with van der Waals surface area (Å²) in [7, 11) is 0. The van der Waals surface area contributed by atoms with E-state index in [4.69, 9.17) is 4.74 Å². The summed E-state index contributed by atoms with van der Waals surface area (Å²) in [6, 6.07) is 13.4. The zero-order valence-electron chi connectivity index (χ0n) is 14.9. The first-order valence-corrected chi connectivity index (χ1v) is 8.48. The van der Waals surface area contributed by atoms with Crippen LogP contribution in [-0.2, 0) is 14.3 Å². The van der Waals surface area contributed by atoms with Crippen molar-refractivity contribution in [2.24, 2.45) is 0 Å². The fourth-order valence-electron chi connectivity index (χ4n) is 2.29. The number of nitrogens with one attached hydrogen (secondary N) is 1. The average Bonchev–Trinajstić information content (AvgIpc) is 2.64. The number of esters is 1. The lowest BCUT2D eigenvalue weighted by molar-refractivity contribution is -0.142. The molecular formula is C21H22FNO3. The van der Waals surface area contributed by atoms with E-state index >= 15 is 0 Å². The second kappa shape index (κ2) is 9.51. The number of hydrogen-bond donors (Lipinski definition) is 1. The fraction of sp³-hybridized carbons (Fsp3) is 0.238. The third kappa shape index (κ3) is 6.16. The smallest absolute Gasteiger partial charge is 0.331 e. The number of rotatable bonds is 7. The Kier molecular flexibility index (Phi) is 7.09. The van der Waals surface area contributed by atoms with E-state index in [0.29, 0.717) is 17.2 Å². The van der Waals surface area contributed by atoms with Gasteiger partial charge in [0.25, 0.3) is 5.91 Å². The monoisotopic (exact) mass is 355 g/mol. The molecule has 4 nitrogen and oxygen atoms in total. The molecule has 0 aromatic heterocycles. The molecule has 1 N–H and O–H groups in total. The minimum Gasteiger partial charge on any atom is -0.452 e. The van der Waals surface area contributed by atoms with Crippen molar-refractivity contribution in [2.75, 3.05) is 11.9 Å². The lowest BCUT2D eigenvalue weighted by Crippen LogP contribution is -2.20. The number of halogens is 1. The molecule has 2 aromatic rings. The van der Waals surface area contributed by atoms with Gasteiger partial charge in [-0.15, -0.1) is 0 Å². The predicted octanol–water partition coefficient (Wildman–Crippen LogP) is 4.53. The van der Waals surface area contributed by atoms with Crippen LogP contribution >= 0.6 is 0 Å². The Hall–Kier alpha value is -2.95. The van der Waals surface area contributed by atoms with E-state index in [0.717, 1.165) is 12.5 Å². The minimum absolute atomic E-state index is 0.389. The number of ether oxygens (including phenoxy) is 1. The van der Waals surface area contributed by atoms with Crippen LogP contribution in [0.1, 0.15) is 37.3 Å². The van der Waals surface area contributed by atoms with Crippen LogP contribution in [-0.4, -0.2) is 18.5 Å². The van der Waals surface area contributed by atoms with E-state index in [-0.39, 0.29) is 12.4 Å². The Morgan fingerprint density at radius 1 is 1.19 bits per heavy atom. The molecule has 136 valence electrons. The molecule has 0 aliphatic carbocycles. The highest BCUT2D eigenvalue weighted by Crippen LogP contribution is 2.20. The van der Waals surface area contributed by atoms with Crippen molar-refractivity contribution in [3.05, 3.63) is 71.6 Å². The molecule has 2 rings (SSSR count). The molecule has 0 saturated heterocycles. The topological polar surface area (TPSA) is 55.4 Å². The van der Waals surface area contributed by atoms with Gasteiger partial charge in [0.15, 0.2) is 6.61 Å². The van der Waals surface area contributed by atoms with Crippen LogP contribution in [0.4, 0.5) is 10.1 Å². The summed E-state index contributed by atoms with van der Waals surface area (Å²) in [6.45, 7) is 3.88. The molecule has 0 aliphatic rings. The zero-order chi connectivity index (χ0) is 18.9. The summed E-state index contributed by atoms with van der Waals surface area (Å²) in [4.78, 5) is 23.5. The van der Waals surface area contributed by atoms with Crippen LogP contribution in [0.3, 0.4) is 0 Å². The van der Waals surface area contributed by atoms with Gasteiger partial charge < -0.3 is 10.1 Å². The van der Waals surface area contributed by atoms with E-state index in [9.17, 15) is 14.0 Å². The van der Waals surface area contributed by atoms with Gasteiger partial charge in [-0.25, -0.2) is 9.18 Å². The fourth-order valence-corrected chi connectivity index (χ4v) is 2.29. The molecule has 0 aliphatic heterocycles. The molecule has 0 unspecified atom stereocenters. The van der Waals surface area contributed by atoms with Gasteiger partial charge in [0.1, 0.15) is 5.82 Å². The van der Waals surface area contributed by atoms with Gasteiger partial charge in [-0.05, 0) is 53.8 Å². The average molecular weight is 355 g/mol. The summed E-state index contributed by atoms with van der Waals surface area (Å²) >= 11 is 0. The molecule has 0 radical (unpaired) electrons.